The van der Waals surface area contributed by atoms with Gasteiger partial charge in [-0.3, -0.25) is 0 Å². The van der Waals surface area contributed by atoms with Gasteiger partial charge in [0.05, 0.1) is 0 Å². The number of nitrogens with one attached hydrogen (secondary N) is 1. The van der Waals surface area contributed by atoms with Crippen LogP contribution >= 0.6 is 0 Å². The summed E-state index contributed by atoms with van der Waals surface area (Å²) in [5, 5.41) is 3.57. The maximum atomic E-state index is 5.48. The van der Waals surface area contributed by atoms with Crippen LogP contribution in [0.1, 0.15) is 52.9 Å². The average Bonchev–Trinajstić information content (AvgIpc) is 2.09. The van der Waals surface area contributed by atoms with Gasteiger partial charge in [0.15, 0.2) is 0 Å². The predicted octanol–water partition coefficient (Wildman–Crippen LogP) is 2.28. The lowest BCUT2D eigenvalue weighted by Gasteiger charge is -2.26. The lowest BCUT2D eigenvalue weighted by Crippen LogP contribution is -2.40. The molecule has 0 aliphatic heterocycles. The zero-order valence-electron chi connectivity index (χ0n) is 9.53. The molecule has 0 heterocycles. The Labute approximate surface area is 83.3 Å². The van der Waals surface area contributed by atoms with Gasteiger partial charge in [0.2, 0.25) is 0 Å². The number of hydrogen-bond donors (Lipinski definition) is 2. The van der Waals surface area contributed by atoms with Crippen LogP contribution < -0.4 is 11.1 Å². The topological polar surface area (TPSA) is 38.0 Å². The van der Waals surface area contributed by atoms with Crippen molar-refractivity contribution >= 4 is 0 Å². The normalized spacial score (nSPS) is 12.0. The molecule has 0 aromatic carbocycles. The second-order valence-corrected chi connectivity index (χ2v) is 4.41. The van der Waals surface area contributed by atoms with Crippen LogP contribution in [0.15, 0.2) is 0 Å². The molecule has 0 spiro atoms. The van der Waals surface area contributed by atoms with E-state index in [2.05, 4.69) is 26.1 Å². The molecule has 0 bridgehead atoms. The van der Waals surface area contributed by atoms with Gasteiger partial charge in [-0.05, 0) is 46.2 Å². The molecule has 3 N–H and O–H groups in total. The highest BCUT2D eigenvalue weighted by Crippen LogP contribution is 2.10. The molecule has 0 aliphatic carbocycles. The monoisotopic (exact) mass is 186 g/mol. The number of nitrogens with two attached hydrogens (primary N) is 1. The quantitative estimate of drug-likeness (QED) is 0.571. The summed E-state index contributed by atoms with van der Waals surface area (Å²) in [6, 6.07) is 0. The molecular formula is C11H26N2. The zero-order valence-corrected chi connectivity index (χ0v) is 9.53. The highest BCUT2D eigenvalue weighted by Gasteiger charge is 2.14. The van der Waals surface area contributed by atoms with Gasteiger partial charge in [-0.2, -0.15) is 0 Å². The average molecular weight is 186 g/mol. The second kappa shape index (κ2) is 7.34. The van der Waals surface area contributed by atoms with Crippen LogP contribution in [0, 0.1) is 0 Å². The Morgan fingerprint density at radius 2 is 1.85 bits per heavy atom. The van der Waals surface area contributed by atoms with Crippen molar-refractivity contribution in [3.8, 4) is 0 Å². The molecule has 0 saturated carbocycles. The van der Waals surface area contributed by atoms with E-state index in [0.29, 0.717) is 0 Å². The third kappa shape index (κ3) is 8.26. The first kappa shape index (κ1) is 12.9. The molecule has 0 atom stereocenters. The molecule has 0 saturated heterocycles. The molecule has 0 unspecified atom stereocenters. The standard InChI is InChI=1S/C11H26N2/c1-4-5-6-10-13-11(2,3)8-7-9-12/h13H,4-10,12H2,1-3H3. The summed E-state index contributed by atoms with van der Waals surface area (Å²) in [6.45, 7) is 8.70. The largest absolute Gasteiger partial charge is 0.330 e. The second-order valence-electron chi connectivity index (χ2n) is 4.41. The van der Waals surface area contributed by atoms with E-state index in [9.17, 15) is 0 Å². The number of unbranched alkanes of at least 4 members (excludes halogenated alkanes) is 2. The molecular weight excluding hydrogens is 160 g/mol. The molecule has 0 aromatic rings. The van der Waals surface area contributed by atoms with Crippen molar-refractivity contribution in [2.45, 2.75) is 58.4 Å². The third-order valence-electron chi connectivity index (χ3n) is 2.39. The van der Waals surface area contributed by atoms with Gasteiger partial charge >= 0.3 is 0 Å². The van der Waals surface area contributed by atoms with Crippen molar-refractivity contribution in [3.05, 3.63) is 0 Å². The van der Waals surface area contributed by atoms with Crippen molar-refractivity contribution in [1.82, 2.24) is 5.32 Å². The fourth-order valence-electron chi connectivity index (χ4n) is 1.43. The first-order chi connectivity index (χ1) is 6.12. The molecule has 0 aliphatic rings. The lowest BCUT2D eigenvalue weighted by molar-refractivity contribution is 0.351. The van der Waals surface area contributed by atoms with E-state index in [4.69, 9.17) is 5.73 Å². The smallest absolute Gasteiger partial charge is 0.0125 e. The Hall–Kier alpha value is -0.0800. The van der Waals surface area contributed by atoms with Crippen LogP contribution in [0.25, 0.3) is 0 Å². The van der Waals surface area contributed by atoms with Crippen LogP contribution in [0.3, 0.4) is 0 Å². The minimum Gasteiger partial charge on any atom is -0.330 e. The molecule has 13 heavy (non-hydrogen) atoms. The summed E-state index contributed by atoms with van der Waals surface area (Å²) < 4.78 is 0. The first-order valence-electron chi connectivity index (χ1n) is 5.57. The maximum absolute atomic E-state index is 5.48. The molecule has 0 aromatic heterocycles. The van der Waals surface area contributed by atoms with E-state index in [1.165, 1.54) is 25.7 Å². The van der Waals surface area contributed by atoms with Gasteiger partial charge in [-0.15, -0.1) is 0 Å². The van der Waals surface area contributed by atoms with Crippen LogP contribution in [-0.4, -0.2) is 18.6 Å². The molecule has 80 valence electrons. The summed E-state index contributed by atoms with van der Waals surface area (Å²) in [5.74, 6) is 0. The molecule has 0 fully saturated rings. The van der Waals surface area contributed by atoms with Crippen LogP contribution in [0.5, 0.6) is 0 Å². The van der Waals surface area contributed by atoms with E-state index in [1.54, 1.807) is 0 Å². The highest BCUT2D eigenvalue weighted by molar-refractivity contribution is 4.76. The van der Waals surface area contributed by atoms with Gasteiger partial charge < -0.3 is 11.1 Å². The van der Waals surface area contributed by atoms with Crippen LogP contribution in [0.2, 0.25) is 0 Å². The molecule has 0 amide bonds. The number of hydrogen-bond acceptors (Lipinski definition) is 2. The Morgan fingerprint density at radius 3 is 2.38 bits per heavy atom. The maximum Gasteiger partial charge on any atom is 0.0125 e. The zero-order chi connectivity index (χ0) is 10.2. The summed E-state index contributed by atoms with van der Waals surface area (Å²) in [5.41, 5.74) is 5.76. The van der Waals surface area contributed by atoms with Crippen molar-refractivity contribution in [3.63, 3.8) is 0 Å². The van der Waals surface area contributed by atoms with Gasteiger partial charge in [0.25, 0.3) is 0 Å². The molecule has 0 radical (unpaired) electrons. The Balaban J connectivity index is 3.39. The summed E-state index contributed by atoms with van der Waals surface area (Å²) in [6.07, 6.45) is 6.22. The van der Waals surface area contributed by atoms with E-state index < -0.39 is 0 Å². The molecule has 2 nitrogen and oxygen atoms in total. The van der Waals surface area contributed by atoms with Crippen molar-refractivity contribution in [2.75, 3.05) is 13.1 Å². The first-order valence-corrected chi connectivity index (χ1v) is 5.57. The van der Waals surface area contributed by atoms with Gasteiger partial charge in [-0.25, -0.2) is 0 Å². The van der Waals surface area contributed by atoms with Crippen molar-refractivity contribution in [2.24, 2.45) is 5.73 Å². The Morgan fingerprint density at radius 1 is 1.15 bits per heavy atom. The van der Waals surface area contributed by atoms with E-state index in [-0.39, 0.29) is 5.54 Å². The fraction of sp³-hybridized carbons (Fsp3) is 1.00. The summed E-state index contributed by atoms with van der Waals surface area (Å²) >= 11 is 0. The van der Waals surface area contributed by atoms with Crippen molar-refractivity contribution < 1.29 is 0 Å². The minimum atomic E-state index is 0.271. The van der Waals surface area contributed by atoms with Crippen LogP contribution in [0.4, 0.5) is 0 Å². The van der Waals surface area contributed by atoms with Crippen LogP contribution in [-0.2, 0) is 0 Å². The molecule has 0 rings (SSSR count). The minimum absolute atomic E-state index is 0.271. The van der Waals surface area contributed by atoms with Gasteiger partial charge in [0, 0.05) is 5.54 Å². The number of rotatable bonds is 8. The Kier molecular flexibility index (Phi) is 7.29. The van der Waals surface area contributed by atoms with E-state index in [0.717, 1.165) is 19.5 Å². The third-order valence-corrected chi connectivity index (χ3v) is 2.39. The van der Waals surface area contributed by atoms with E-state index >= 15 is 0 Å². The summed E-state index contributed by atoms with van der Waals surface area (Å²) in [7, 11) is 0. The Bertz CT molecular complexity index is 111. The molecule has 2 heteroatoms. The van der Waals surface area contributed by atoms with Crippen molar-refractivity contribution in [1.29, 1.82) is 0 Å². The lowest BCUT2D eigenvalue weighted by atomic mass is 9.98. The van der Waals surface area contributed by atoms with Gasteiger partial charge in [0.1, 0.15) is 0 Å². The fourth-order valence-corrected chi connectivity index (χ4v) is 1.43. The van der Waals surface area contributed by atoms with E-state index in [1.807, 2.05) is 0 Å². The predicted molar refractivity (Wildman–Crippen MR) is 59.9 cm³/mol. The summed E-state index contributed by atoms with van der Waals surface area (Å²) in [4.78, 5) is 0. The SMILES string of the molecule is CCCCCNC(C)(C)CCCN. The highest BCUT2D eigenvalue weighted by atomic mass is 14.9. The van der Waals surface area contributed by atoms with Gasteiger partial charge in [-0.1, -0.05) is 19.8 Å².